The number of hydrogen-bond donors (Lipinski definition) is 3. The van der Waals surface area contributed by atoms with Gasteiger partial charge >= 0.3 is 12.6 Å². The van der Waals surface area contributed by atoms with E-state index in [1.165, 1.54) is 12.1 Å². The fourth-order valence-corrected chi connectivity index (χ4v) is 3.80. The fourth-order valence-electron chi connectivity index (χ4n) is 3.80. The fraction of sp³-hybridized carbons (Fsp3) is 0.320. The molecule has 2 aliphatic rings. The third-order valence-electron chi connectivity index (χ3n) is 5.87. The molecule has 3 N–H and O–H groups in total. The molecule has 0 bridgehead atoms. The van der Waals surface area contributed by atoms with Crippen LogP contribution < -0.4 is 20.7 Å². The van der Waals surface area contributed by atoms with Crippen molar-refractivity contribution in [2.45, 2.75) is 31.9 Å². The van der Waals surface area contributed by atoms with E-state index in [4.69, 9.17) is 0 Å². The van der Waals surface area contributed by atoms with Crippen LogP contribution >= 0.6 is 0 Å². The summed E-state index contributed by atoms with van der Waals surface area (Å²) < 4.78 is 29.0. The molecular formula is C25H28F2N6O2. The van der Waals surface area contributed by atoms with Gasteiger partial charge in [0.2, 0.25) is 5.95 Å². The first-order valence-corrected chi connectivity index (χ1v) is 11.2. The number of allylic oxidation sites excluding steroid dienone is 2. The third-order valence-corrected chi connectivity index (χ3v) is 5.87. The van der Waals surface area contributed by atoms with Gasteiger partial charge in [-0.15, -0.1) is 0 Å². The summed E-state index contributed by atoms with van der Waals surface area (Å²) in [5, 5.41) is 9.43. The summed E-state index contributed by atoms with van der Waals surface area (Å²) in [5.74, 6) is 0.397. The topological polar surface area (TPSA) is 91.4 Å². The second-order valence-corrected chi connectivity index (χ2v) is 8.75. The highest BCUT2D eigenvalue weighted by Gasteiger charge is 2.46. The Hall–Kier alpha value is -3.79. The summed E-state index contributed by atoms with van der Waals surface area (Å²) in [6.45, 7) is 9.01. The predicted molar refractivity (Wildman–Crippen MR) is 130 cm³/mol. The lowest BCUT2D eigenvalue weighted by atomic mass is 10.1. The van der Waals surface area contributed by atoms with Crippen LogP contribution in [0.4, 0.5) is 19.5 Å². The first-order chi connectivity index (χ1) is 16.7. The number of benzene rings is 1. The number of hydrogen-bond acceptors (Lipinski definition) is 6. The smallest absolute Gasteiger partial charge is 0.387 e. The van der Waals surface area contributed by atoms with Crippen molar-refractivity contribution in [2.24, 2.45) is 0 Å². The molecule has 1 aliphatic carbocycles. The number of carbonyl (C=O) groups is 1. The van der Waals surface area contributed by atoms with Crippen molar-refractivity contribution in [3.8, 4) is 16.9 Å². The molecule has 1 aromatic heterocycles. The lowest BCUT2D eigenvalue weighted by Gasteiger charge is -2.34. The first kappa shape index (κ1) is 24.3. The molecule has 1 aromatic carbocycles. The maximum Gasteiger partial charge on any atom is 0.387 e. The molecule has 8 nitrogen and oxygen atoms in total. The van der Waals surface area contributed by atoms with Crippen molar-refractivity contribution in [1.82, 2.24) is 25.5 Å². The Morgan fingerprint density at radius 3 is 2.49 bits per heavy atom. The Bertz CT molecular complexity index is 1130. The van der Waals surface area contributed by atoms with Gasteiger partial charge in [-0.1, -0.05) is 25.3 Å². The minimum Gasteiger partial charge on any atom is -0.435 e. The van der Waals surface area contributed by atoms with E-state index in [0.717, 1.165) is 24.9 Å². The van der Waals surface area contributed by atoms with Gasteiger partial charge in [0.05, 0.1) is 0 Å². The SMILES string of the molecule is C=C(/C=C(/NC(=O)N1CCNC2(CC2)C1)C(=C)C)Nc1ncc(-c2ccc(OC(F)F)cc2)cn1. The van der Waals surface area contributed by atoms with Gasteiger partial charge in [-0.2, -0.15) is 8.78 Å². The third kappa shape index (κ3) is 6.42. The number of anilines is 1. The standard InChI is InChI=1S/C25H28F2N6O2/c1-16(2)21(32-24(34)33-11-10-30-25(15-33)8-9-25)12-17(3)31-23-28-13-19(14-29-23)18-4-6-20(7-5-18)35-22(26)27/h4-7,12-14,22,30H,1,3,8-11,15H2,2H3,(H,32,34)(H,28,29,31)/b21-12+. The van der Waals surface area contributed by atoms with E-state index in [1.807, 2.05) is 11.8 Å². The normalized spacial score (nSPS) is 16.7. The number of urea groups is 1. The van der Waals surface area contributed by atoms with Crippen LogP contribution in [0.5, 0.6) is 5.75 Å². The average molecular weight is 483 g/mol. The molecule has 1 aliphatic heterocycles. The summed E-state index contributed by atoms with van der Waals surface area (Å²) >= 11 is 0. The maximum atomic E-state index is 12.8. The van der Waals surface area contributed by atoms with Crippen LogP contribution in [0, 0.1) is 0 Å². The molecule has 1 spiro atoms. The first-order valence-electron chi connectivity index (χ1n) is 11.2. The molecule has 4 rings (SSSR count). The van der Waals surface area contributed by atoms with Crippen LogP contribution in [-0.2, 0) is 0 Å². The molecule has 2 heterocycles. The van der Waals surface area contributed by atoms with Gasteiger partial charge in [0.1, 0.15) is 5.75 Å². The van der Waals surface area contributed by atoms with Crippen molar-refractivity contribution in [3.63, 3.8) is 0 Å². The highest BCUT2D eigenvalue weighted by molar-refractivity contribution is 5.77. The number of halogens is 2. The Kier molecular flexibility index (Phi) is 7.11. The molecule has 0 radical (unpaired) electrons. The van der Waals surface area contributed by atoms with E-state index < -0.39 is 6.61 Å². The van der Waals surface area contributed by atoms with Crippen LogP contribution in [0.3, 0.4) is 0 Å². The van der Waals surface area contributed by atoms with E-state index in [0.29, 0.717) is 41.6 Å². The monoisotopic (exact) mass is 482 g/mol. The molecule has 184 valence electrons. The van der Waals surface area contributed by atoms with E-state index in [1.54, 1.807) is 30.6 Å². The van der Waals surface area contributed by atoms with Crippen LogP contribution in [0.2, 0.25) is 0 Å². The maximum absolute atomic E-state index is 12.8. The minimum absolute atomic E-state index is 0.0791. The van der Waals surface area contributed by atoms with Crippen molar-refractivity contribution in [3.05, 3.63) is 72.9 Å². The number of carbonyl (C=O) groups excluding carboxylic acids is 1. The van der Waals surface area contributed by atoms with Gasteiger partial charge in [-0.05, 0) is 49.1 Å². The van der Waals surface area contributed by atoms with Gasteiger partial charge in [-0.25, -0.2) is 14.8 Å². The highest BCUT2D eigenvalue weighted by Crippen LogP contribution is 2.37. The molecule has 2 fully saturated rings. The zero-order valence-electron chi connectivity index (χ0n) is 19.5. The number of nitrogens with one attached hydrogen (secondary N) is 3. The van der Waals surface area contributed by atoms with Gasteiger partial charge in [0.25, 0.3) is 0 Å². The van der Waals surface area contributed by atoms with E-state index >= 15 is 0 Å². The lowest BCUT2D eigenvalue weighted by molar-refractivity contribution is -0.0498. The van der Waals surface area contributed by atoms with Crippen molar-refractivity contribution in [1.29, 1.82) is 0 Å². The van der Waals surface area contributed by atoms with E-state index in [9.17, 15) is 13.6 Å². The second-order valence-electron chi connectivity index (χ2n) is 8.75. The lowest BCUT2D eigenvalue weighted by Crippen LogP contribution is -2.56. The zero-order chi connectivity index (χ0) is 25.0. The number of rotatable bonds is 8. The summed E-state index contributed by atoms with van der Waals surface area (Å²) in [4.78, 5) is 23.2. The van der Waals surface area contributed by atoms with Gasteiger partial charge < -0.3 is 25.6 Å². The van der Waals surface area contributed by atoms with Crippen LogP contribution in [0.15, 0.2) is 72.9 Å². The molecule has 0 atom stereocenters. The van der Waals surface area contributed by atoms with E-state index in [2.05, 4.69) is 43.8 Å². The molecule has 0 unspecified atom stereocenters. The quantitative estimate of drug-likeness (QED) is 0.487. The summed E-state index contributed by atoms with van der Waals surface area (Å²) in [5.41, 5.74) is 3.28. The number of nitrogens with zero attached hydrogens (tertiary/aromatic N) is 3. The molecule has 2 amide bonds. The summed E-state index contributed by atoms with van der Waals surface area (Å²) in [7, 11) is 0. The molecule has 1 saturated carbocycles. The minimum atomic E-state index is -2.87. The molecule has 10 heteroatoms. The van der Waals surface area contributed by atoms with Crippen molar-refractivity contribution in [2.75, 3.05) is 25.0 Å². The highest BCUT2D eigenvalue weighted by atomic mass is 19.3. The number of ether oxygens (including phenoxy) is 1. The molecule has 2 aromatic rings. The molecular weight excluding hydrogens is 454 g/mol. The Labute approximate surface area is 202 Å². The van der Waals surface area contributed by atoms with Crippen molar-refractivity contribution >= 4 is 12.0 Å². The van der Waals surface area contributed by atoms with Gasteiger partial charge in [0.15, 0.2) is 0 Å². The number of amides is 2. The summed E-state index contributed by atoms with van der Waals surface area (Å²) in [6, 6.07) is 6.05. The molecule has 35 heavy (non-hydrogen) atoms. The number of piperazine rings is 1. The van der Waals surface area contributed by atoms with E-state index in [-0.39, 0.29) is 17.3 Å². The van der Waals surface area contributed by atoms with Crippen molar-refractivity contribution < 1.29 is 18.3 Å². The second kappa shape index (κ2) is 10.2. The van der Waals surface area contributed by atoms with Crippen LogP contribution in [-0.4, -0.2) is 52.7 Å². The summed E-state index contributed by atoms with van der Waals surface area (Å²) in [6.07, 6.45) is 7.09. The zero-order valence-corrected chi connectivity index (χ0v) is 19.5. The van der Waals surface area contributed by atoms with Gasteiger partial charge in [-0.3, -0.25) is 0 Å². The predicted octanol–water partition coefficient (Wildman–Crippen LogP) is 4.28. The average Bonchev–Trinajstić information content (AvgIpc) is 3.57. The Balaban J connectivity index is 1.36. The van der Waals surface area contributed by atoms with Crippen LogP contribution in [0.25, 0.3) is 11.1 Å². The molecule has 1 saturated heterocycles. The number of alkyl halides is 2. The largest absolute Gasteiger partial charge is 0.435 e. The Morgan fingerprint density at radius 2 is 1.89 bits per heavy atom. The Morgan fingerprint density at radius 1 is 1.20 bits per heavy atom. The van der Waals surface area contributed by atoms with Gasteiger partial charge in [0, 0.05) is 54.5 Å². The van der Waals surface area contributed by atoms with Crippen LogP contribution in [0.1, 0.15) is 19.8 Å². The number of aromatic nitrogens is 2.